The maximum Gasteiger partial charge on any atom is 1.00 e. The van der Waals surface area contributed by atoms with E-state index in [1.165, 1.54) is 83.5 Å². The Hall–Kier alpha value is 1.51. The van der Waals surface area contributed by atoms with Gasteiger partial charge in [0.1, 0.15) is 0 Å². The van der Waals surface area contributed by atoms with Gasteiger partial charge < -0.3 is 9.66 Å². The Balaban J connectivity index is 0. The van der Waals surface area contributed by atoms with Crippen LogP contribution in [0, 0.1) is 0 Å². The summed E-state index contributed by atoms with van der Waals surface area (Å²) < 4.78 is 33.6. The normalized spacial score (nSPS) is 13.8. The van der Waals surface area contributed by atoms with Crippen molar-refractivity contribution in [3.05, 3.63) is 0 Å². The van der Waals surface area contributed by atoms with Crippen LogP contribution in [0.4, 0.5) is 0 Å². The van der Waals surface area contributed by atoms with E-state index >= 15 is 0 Å². The minimum atomic E-state index is -4.29. The first kappa shape index (κ1) is 32.7. The van der Waals surface area contributed by atoms with Crippen LogP contribution in [-0.4, -0.2) is 29.4 Å². The van der Waals surface area contributed by atoms with E-state index in [9.17, 15) is 18.1 Å². The molecule has 0 aromatic heterocycles. The van der Waals surface area contributed by atoms with Crippen LogP contribution in [0.1, 0.15) is 136 Å². The molecule has 0 saturated carbocycles. The average Bonchev–Trinajstić information content (AvgIpc) is 2.63. The second kappa shape index (κ2) is 22.7. The number of aliphatic hydroxyl groups excluding tert-OH is 1. The fourth-order valence-electron chi connectivity index (χ4n) is 3.87. The third kappa shape index (κ3) is 22.5. The van der Waals surface area contributed by atoms with E-state index in [0.717, 1.165) is 12.8 Å². The van der Waals surface area contributed by atoms with E-state index in [2.05, 4.69) is 6.92 Å². The molecule has 0 amide bonds. The van der Waals surface area contributed by atoms with E-state index in [-0.39, 0.29) is 57.8 Å². The quantitative estimate of drug-likeness (QED) is 0.162. The SMILES string of the molecule is CCCCCCCCCCCCCCCCCC(O)CC(CCC)S(=O)(=O)[O-].[K+]. The zero-order chi connectivity index (χ0) is 21.1. The van der Waals surface area contributed by atoms with Crippen molar-refractivity contribution < 1.29 is 69.5 Å². The summed E-state index contributed by atoms with van der Waals surface area (Å²) in [6, 6.07) is 0. The molecule has 0 heterocycles. The molecule has 0 fully saturated rings. The van der Waals surface area contributed by atoms with E-state index in [4.69, 9.17) is 0 Å². The van der Waals surface area contributed by atoms with E-state index in [1.807, 2.05) is 6.92 Å². The molecule has 0 aliphatic rings. The predicted octanol–water partition coefficient (Wildman–Crippen LogP) is 3.72. The maximum absolute atomic E-state index is 11.2. The largest absolute Gasteiger partial charge is 1.00 e. The van der Waals surface area contributed by atoms with Crippen molar-refractivity contribution in [3.8, 4) is 0 Å². The molecule has 0 aromatic rings. The first-order valence-corrected chi connectivity index (χ1v) is 13.5. The van der Waals surface area contributed by atoms with Crippen LogP contribution in [0.3, 0.4) is 0 Å². The van der Waals surface area contributed by atoms with Crippen LogP contribution in [0.2, 0.25) is 0 Å². The van der Waals surface area contributed by atoms with Crippen LogP contribution >= 0.6 is 0 Å². The molecule has 0 aliphatic carbocycles. The van der Waals surface area contributed by atoms with Gasteiger partial charge in [-0.15, -0.1) is 0 Å². The van der Waals surface area contributed by atoms with E-state index in [0.29, 0.717) is 19.3 Å². The van der Waals surface area contributed by atoms with Gasteiger partial charge in [-0.25, -0.2) is 8.42 Å². The molecule has 0 aliphatic heterocycles. The van der Waals surface area contributed by atoms with Crippen LogP contribution < -0.4 is 51.4 Å². The summed E-state index contributed by atoms with van der Waals surface area (Å²) in [4.78, 5) is 0. The zero-order valence-electron chi connectivity index (χ0n) is 19.7. The minimum absolute atomic E-state index is 0. The van der Waals surface area contributed by atoms with Gasteiger partial charge in [0, 0.05) is 0 Å². The molecule has 2 atom stereocenters. The fraction of sp³-hybridized carbons (Fsp3) is 1.00. The number of unbranched alkanes of at least 4 members (excludes halogenated alkanes) is 14. The van der Waals surface area contributed by atoms with Crippen molar-refractivity contribution >= 4 is 10.1 Å². The molecule has 0 radical (unpaired) electrons. The van der Waals surface area contributed by atoms with Gasteiger partial charge >= 0.3 is 51.4 Å². The summed E-state index contributed by atoms with van der Waals surface area (Å²) in [7, 11) is -4.29. The average molecular weight is 459 g/mol. The molecule has 0 rings (SSSR count). The monoisotopic (exact) mass is 458 g/mol. The molecule has 0 saturated heterocycles. The van der Waals surface area contributed by atoms with E-state index < -0.39 is 21.5 Å². The Morgan fingerprint density at radius 2 is 1.03 bits per heavy atom. The van der Waals surface area contributed by atoms with Gasteiger partial charge in [0.05, 0.1) is 21.5 Å². The van der Waals surface area contributed by atoms with E-state index in [1.54, 1.807) is 0 Å². The number of hydrogen-bond acceptors (Lipinski definition) is 4. The van der Waals surface area contributed by atoms with Crippen molar-refractivity contribution in [2.45, 2.75) is 147 Å². The van der Waals surface area contributed by atoms with Gasteiger partial charge in [-0.1, -0.05) is 117 Å². The number of rotatable bonds is 21. The number of aliphatic hydroxyl groups is 1. The van der Waals surface area contributed by atoms with Crippen molar-refractivity contribution in [3.63, 3.8) is 0 Å². The van der Waals surface area contributed by atoms with Gasteiger partial charge in [0.15, 0.2) is 0 Å². The predicted molar refractivity (Wildman–Crippen MR) is 119 cm³/mol. The minimum Gasteiger partial charge on any atom is -0.748 e. The third-order valence-corrected chi connectivity index (χ3v) is 6.94. The Bertz CT molecular complexity index is 429. The topological polar surface area (TPSA) is 77.4 Å². The molecule has 170 valence electrons. The van der Waals surface area contributed by atoms with Crippen molar-refractivity contribution in [1.29, 1.82) is 0 Å². The molecular formula is C23H47KO4S. The van der Waals surface area contributed by atoms with Crippen LogP contribution in [0.5, 0.6) is 0 Å². The Kier molecular flexibility index (Phi) is 25.6. The molecule has 0 bridgehead atoms. The maximum atomic E-state index is 11.2. The van der Waals surface area contributed by atoms with Crippen molar-refractivity contribution in [1.82, 2.24) is 0 Å². The Labute approximate surface area is 224 Å². The zero-order valence-corrected chi connectivity index (χ0v) is 23.6. The summed E-state index contributed by atoms with van der Waals surface area (Å²) in [5.74, 6) is 0. The van der Waals surface area contributed by atoms with Crippen molar-refractivity contribution in [2.75, 3.05) is 0 Å². The number of hydrogen-bond donors (Lipinski definition) is 1. The van der Waals surface area contributed by atoms with Gasteiger partial charge in [-0.2, -0.15) is 0 Å². The summed E-state index contributed by atoms with van der Waals surface area (Å²) >= 11 is 0. The second-order valence-corrected chi connectivity index (χ2v) is 10.2. The standard InChI is InChI=1S/C23H48O4S.K/c1-3-5-6-7-8-9-10-11-12-13-14-15-16-17-18-20-22(24)21-23(19-4-2)28(25,26)27;/h22-24H,3-21H2,1-2H3,(H,25,26,27);/q;+1/p-1. The molecule has 2 unspecified atom stereocenters. The molecule has 4 nitrogen and oxygen atoms in total. The molecule has 29 heavy (non-hydrogen) atoms. The van der Waals surface area contributed by atoms with Crippen LogP contribution in [0.25, 0.3) is 0 Å². The summed E-state index contributed by atoms with van der Waals surface area (Å²) in [5, 5.41) is 9.08. The molecular weight excluding hydrogens is 411 g/mol. The summed E-state index contributed by atoms with van der Waals surface area (Å²) in [6.07, 6.45) is 20.6. The first-order chi connectivity index (χ1) is 13.4. The second-order valence-electron chi connectivity index (χ2n) is 8.53. The fourth-order valence-corrected chi connectivity index (χ4v) is 4.86. The summed E-state index contributed by atoms with van der Waals surface area (Å²) in [6.45, 7) is 4.12. The Morgan fingerprint density at radius 3 is 1.38 bits per heavy atom. The first-order valence-electron chi connectivity index (χ1n) is 12.0. The molecule has 6 heteroatoms. The molecule has 1 N–H and O–H groups in total. The molecule has 0 aromatic carbocycles. The van der Waals surface area contributed by atoms with Crippen LogP contribution in [0.15, 0.2) is 0 Å². The van der Waals surface area contributed by atoms with Gasteiger partial charge in [-0.05, 0) is 19.3 Å². The third-order valence-electron chi connectivity index (χ3n) is 5.69. The van der Waals surface area contributed by atoms with Gasteiger partial charge in [0.25, 0.3) is 0 Å². The van der Waals surface area contributed by atoms with Gasteiger partial charge in [0.2, 0.25) is 0 Å². The van der Waals surface area contributed by atoms with Crippen LogP contribution in [-0.2, 0) is 10.1 Å². The smallest absolute Gasteiger partial charge is 0.748 e. The summed E-state index contributed by atoms with van der Waals surface area (Å²) in [5.41, 5.74) is 0. The molecule has 0 spiro atoms. The van der Waals surface area contributed by atoms with Gasteiger partial charge in [-0.3, -0.25) is 0 Å². The Morgan fingerprint density at radius 1 is 0.655 bits per heavy atom. The van der Waals surface area contributed by atoms with Crippen molar-refractivity contribution in [2.24, 2.45) is 0 Å².